The Morgan fingerprint density at radius 3 is 1.41 bits per heavy atom. The number of benzene rings is 4. The molecule has 4 heteroatoms. The summed E-state index contributed by atoms with van der Waals surface area (Å²) in [5.74, 6) is 0.581. The van der Waals surface area contributed by atoms with Crippen molar-refractivity contribution in [2.75, 3.05) is 0 Å². The minimum atomic E-state index is 0.551. The quantitative estimate of drug-likeness (QED) is 0.273. The van der Waals surface area contributed by atoms with Crippen LogP contribution in [0.3, 0.4) is 0 Å². The van der Waals surface area contributed by atoms with Crippen molar-refractivity contribution in [2.45, 2.75) is 0 Å². The molecule has 0 N–H and O–H groups in total. The minimum Gasteiger partial charge on any atom is -0.228 e. The molecule has 0 fully saturated rings. The van der Waals surface area contributed by atoms with Gasteiger partial charge in [-0.15, -0.1) is 0 Å². The zero-order valence-corrected chi connectivity index (χ0v) is 18.6. The maximum Gasteiger partial charge on any atom is 0.160 e. The Labute approximate surface area is 197 Å². The fourth-order valence-electron chi connectivity index (χ4n) is 3.63. The fourth-order valence-corrected chi connectivity index (χ4v) is 4.15. The van der Waals surface area contributed by atoms with Crippen LogP contribution in [0.5, 0.6) is 0 Å². The number of aromatic nitrogens is 2. The zero-order valence-electron chi connectivity index (χ0n) is 17.0. The summed E-state index contributed by atoms with van der Waals surface area (Å²) >= 11 is 12.5. The normalized spacial score (nSPS) is 10.8. The van der Waals surface area contributed by atoms with E-state index in [1.807, 2.05) is 66.7 Å². The van der Waals surface area contributed by atoms with E-state index < -0.39 is 0 Å². The molecule has 0 aliphatic carbocycles. The molecule has 0 spiro atoms. The van der Waals surface area contributed by atoms with Crippen LogP contribution < -0.4 is 0 Å². The number of hydrogen-bond acceptors (Lipinski definition) is 2. The number of hydrogen-bond donors (Lipinski definition) is 0. The van der Waals surface area contributed by atoms with E-state index in [1.165, 1.54) is 5.56 Å². The van der Waals surface area contributed by atoms with Gasteiger partial charge in [0.25, 0.3) is 0 Å². The van der Waals surface area contributed by atoms with Crippen LogP contribution in [0, 0.1) is 0 Å². The first-order valence-electron chi connectivity index (χ1n) is 10.2. The molecule has 5 rings (SSSR count). The van der Waals surface area contributed by atoms with Crippen molar-refractivity contribution in [3.8, 4) is 45.0 Å². The molecule has 0 saturated carbocycles. The standard InChI is InChI=1S/C28H18Cl2N2/c29-24-15-23(16-25(30)17-24)28-31-26(21-9-5-2-6-10-21)18-27(32-28)22-13-11-20(12-14-22)19-7-3-1-4-8-19/h1-18H. The largest absolute Gasteiger partial charge is 0.228 e. The molecular weight excluding hydrogens is 435 g/mol. The molecule has 154 valence electrons. The monoisotopic (exact) mass is 452 g/mol. The van der Waals surface area contributed by atoms with Crippen molar-refractivity contribution in [1.82, 2.24) is 9.97 Å². The summed E-state index contributed by atoms with van der Waals surface area (Å²) in [5.41, 5.74) is 6.83. The summed E-state index contributed by atoms with van der Waals surface area (Å²) in [4.78, 5) is 9.67. The highest BCUT2D eigenvalue weighted by Gasteiger charge is 2.12. The van der Waals surface area contributed by atoms with Crippen LogP contribution >= 0.6 is 23.2 Å². The Morgan fingerprint density at radius 1 is 0.406 bits per heavy atom. The Morgan fingerprint density at radius 2 is 0.844 bits per heavy atom. The average Bonchev–Trinajstić information content (AvgIpc) is 2.84. The van der Waals surface area contributed by atoms with Crippen LogP contribution in [-0.4, -0.2) is 9.97 Å². The summed E-state index contributed by atoms with van der Waals surface area (Å²) in [6, 6.07) is 36.2. The molecule has 0 unspecified atom stereocenters. The van der Waals surface area contributed by atoms with Crippen molar-refractivity contribution in [3.05, 3.63) is 119 Å². The van der Waals surface area contributed by atoms with Gasteiger partial charge in [-0.2, -0.15) is 0 Å². The first-order valence-corrected chi connectivity index (χ1v) is 11.0. The lowest BCUT2D eigenvalue weighted by Crippen LogP contribution is -1.96. The van der Waals surface area contributed by atoms with Crippen molar-refractivity contribution < 1.29 is 0 Å². The third-order valence-electron chi connectivity index (χ3n) is 5.20. The Balaban J connectivity index is 1.63. The molecule has 32 heavy (non-hydrogen) atoms. The molecule has 0 aliphatic rings. The first kappa shape index (κ1) is 20.4. The SMILES string of the molecule is Clc1cc(Cl)cc(-c2nc(-c3ccccc3)cc(-c3ccc(-c4ccccc4)cc3)n2)c1. The highest BCUT2D eigenvalue weighted by atomic mass is 35.5. The zero-order chi connectivity index (χ0) is 21.9. The molecule has 2 nitrogen and oxygen atoms in total. The number of halogens is 2. The van der Waals surface area contributed by atoms with E-state index in [2.05, 4.69) is 36.4 Å². The summed E-state index contributed by atoms with van der Waals surface area (Å²) in [6.45, 7) is 0. The van der Waals surface area contributed by atoms with Crippen LogP contribution in [0.4, 0.5) is 0 Å². The Kier molecular flexibility index (Phi) is 5.72. The maximum atomic E-state index is 6.25. The molecule has 0 bridgehead atoms. The third-order valence-corrected chi connectivity index (χ3v) is 5.64. The summed E-state index contributed by atoms with van der Waals surface area (Å²) in [6.07, 6.45) is 0. The van der Waals surface area contributed by atoms with Crippen molar-refractivity contribution in [2.24, 2.45) is 0 Å². The highest BCUT2D eigenvalue weighted by Crippen LogP contribution is 2.31. The van der Waals surface area contributed by atoms with Crippen LogP contribution in [0.25, 0.3) is 45.0 Å². The van der Waals surface area contributed by atoms with Crippen LogP contribution in [-0.2, 0) is 0 Å². The second-order valence-electron chi connectivity index (χ2n) is 7.43. The van der Waals surface area contributed by atoms with Gasteiger partial charge in [-0.1, -0.05) is 108 Å². The van der Waals surface area contributed by atoms with Gasteiger partial charge in [0.15, 0.2) is 5.82 Å². The average molecular weight is 453 g/mol. The van der Waals surface area contributed by atoms with E-state index in [9.17, 15) is 0 Å². The number of nitrogens with zero attached hydrogens (tertiary/aromatic N) is 2. The third kappa shape index (κ3) is 4.43. The molecule has 0 atom stereocenters. The van der Waals surface area contributed by atoms with E-state index in [1.54, 1.807) is 6.07 Å². The first-order chi connectivity index (χ1) is 15.7. The van der Waals surface area contributed by atoms with Gasteiger partial charge in [-0.25, -0.2) is 9.97 Å². The van der Waals surface area contributed by atoms with Gasteiger partial charge in [0.1, 0.15) is 0 Å². The lowest BCUT2D eigenvalue weighted by atomic mass is 10.0. The van der Waals surface area contributed by atoms with Gasteiger partial charge in [0.05, 0.1) is 11.4 Å². The van der Waals surface area contributed by atoms with E-state index in [0.717, 1.165) is 33.6 Å². The van der Waals surface area contributed by atoms with Crippen LogP contribution in [0.2, 0.25) is 10.0 Å². The van der Waals surface area contributed by atoms with Crippen molar-refractivity contribution in [1.29, 1.82) is 0 Å². The van der Waals surface area contributed by atoms with Crippen molar-refractivity contribution in [3.63, 3.8) is 0 Å². The lowest BCUT2D eigenvalue weighted by molar-refractivity contribution is 1.18. The molecule has 4 aromatic carbocycles. The predicted molar refractivity (Wildman–Crippen MR) is 134 cm³/mol. The van der Waals surface area contributed by atoms with E-state index in [-0.39, 0.29) is 0 Å². The van der Waals surface area contributed by atoms with Gasteiger partial charge < -0.3 is 0 Å². The van der Waals surface area contributed by atoms with E-state index >= 15 is 0 Å². The van der Waals surface area contributed by atoms with Crippen LogP contribution in [0.15, 0.2) is 109 Å². The molecule has 1 aromatic heterocycles. The topological polar surface area (TPSA) is 25.8 Å². The van der Waals surface area contributed by atoms with Gasteiger partial charge in [-0.05, 0) is 35.4 Å². The maximum absolute atomic E-state index is 6.25. The Bertz CT molecular complexity index is 1350. The fraction of sp³-hybridized carbons (Fsp3) is 0. The molecule has 0 saturated heterocycles. The molecule has 0 radical (unpaired) electrons. The summed E-state index contributed by atoms with van der Waals surface area (Å²) in [5, 5.41) is 1.10. The molecular formula is C28H18Cl2N2. The van der Waals surface area contributed by atoms with Crippen molar-refractivity contribution >= 4 is 23.2 Å². The smallest absolute Gasteiger partial charge is 0.160 e. The minimum absolute atomic E-state index is 0.551. The van der Waals surface area contributed by atoms with Gasteiger partial charge >= 0.3 is 0 Å². The van der Waals surface area contributed by atoms with Gasteiger partial charge in [0, 0.05) is 26.7 Å². The summed E-state index contributed by atoms with van der Waals surface area (Å²) < 4.78 is 0. The highest BCUT2D eigenvalue weighted by molar-refractivity contribution is 6.35. The molecule has 1 heterocycles. The van der Waals surface area contributed by atoms with E-state index in [0.29, 0.717) is 15.9 Å². The second-order valence-corrected chi connectivity index (χ2v) is 8.30. The number of rotatable bonds is 4. The van der Waals surface area contributed by atoms with Gasteiger partial charge in [0.2, 0.25) is 0 Å². The Hall–Kier alpha value is -3.46. The van der Waals surface area contributed by atoms with Gasteiger partial charge in [-0.3, -0.25) is 0 Å². The molecule has 5 aromatic rings. The van der Waals surface area contributed by atoms with Crippen LogP contribution in [0.1, 0.15) is 0 Å². The molecule has 0 aliphatic heterocycles. The van der Waals surface area contributed by atoms with E-state index in [4.69, 9.17) is 33.2 Å². The summed E-state index contributed by atoms with van der Waals surface area (Å²) in [7, 11) is 0. The second kappa shape index (κ2) is 8.96. The molecule has 0 amide bonds. The predicted octanol–water partition coefficient (Wildman–Crippen LogP) is 8.45. The lowest BCUT2D eigenvalue weighted by Gasteiger charge is -2.10.